The fraction of sp³-hybridized carbons (Fsp3) is 0.357. The Hall–Kier alpha value is -1.37. The third-order valence-corrected chi connectivity index (χ3v) is 2.26. The van der Waals surface area contributed by atoms with Gasteiger partial charge in [-0.05, 0) is 37.5 Å². The van der Waals surface area contributed by atoms with E-state index in [0.29, 0.717) is 5.92 Å². The zero-order valence-electron chi connectivity index (χ0n) is 9.87. The molecule has 0 saturated carbocycles. The molecule has 0 aliphatic carbocycles. The van der Waals surface area contributed by atoms with Gasteiger partial charge in [0.2, 0.25) is 0 Å². The molecule has 80 valence electrons. The van der Waals surface area contributed by atoms with Crippen LogP contribution in [0.1, 0.15) is 49.5 Å². The third kappa shape index (κ3) is 3.35. The molecule has 1 aromatic rings. The molecule has 0 unspecified atom stereocenters. The lowest BCUT2D eigenvalue weighted by molar-refractivity contribution is 0.104. The zero-order valence-corrected chi connectivity index (χ0v) is 9.87. The van der Waals surface area contributed by atoms with Gasteiger partial charge in [0, 0.05) is 5.56 Å². The fourth-order valence-corrected chi connectivity index (χ4v) is 1.40. The van der Waals surface area contributed by atoms with Gasteiger partial charge in [-0.25, -0.2) is 0 Å². The van der Waals surface area contributed by atoms with Crippen LogP contribution < -0.4 is 0 Å². The average molecular weight is 202 g/mol. The van der Waals surface area contributed by atoms with Crippen molar-refractivity contribution < 1.29 is 4.79 Å². The second-order valence-electron chi connectivity index (χ2n) is 4.37. The van der Waals surface area contributed by atoms with Crippen molar-refractivity contribution in [2.45, 2.75) is 33.6 Å². The van der Waals surface area contributed by atoms with Crippen LogP contribution in [0, 0.1) is 0 Å². The highest BCUT2D eigenvalue weighted by molar-refractivity contribution is 6.04. The molecular weight excluding hydrogens is 184 g/mol. The van der Waals surface area contributed by atoms with E-state index < -0.39 is 0 Å². The van der Waals surface area contributed by atoms with Crippen LogP contribution in [0.25, 0.3) is 0 Å². The van der Waals surface area contributed by atoms with Crippen molar-refractivity contribution >= 4 is 5.78 Å². The molecule has 0 aliphatic heterocycles. The lowest BCUT2D eigenvalue weighted by atomic mass is 9.99. The number of hydrogen-bond acceptors (Lipinski definition) is 1. The molecule has 0 heterocycles. The van der Waals surface area contributed by atoms with Crippen LogP contribution >= 0.6 is 0 Å². The minimum atomic E-state index is 0.0949. The molecule has 1 nitrogen and oxygen atoms in total. The Morgan fingerprint density at radius 2 is 1.93 bits per heavy atom. The quantitative estimate of drug-likeness (QED) is 0.535. The summed E-state index contributed by atoms with van der Waals surface area (Å²) >= 11 is 0. The van der Waals surface area contributed by atoms with Gasteiger partial charge in [0.15, 0.2) is 5.78 Å². The summed E-state index contributed by atoms with van der Waals surface area (Å²) in [5.74, 6) is 0.557. The Labute approximate surface area is 91.8 Å². The minimum Gasteiger partial charge on any atom is -0.289 e. The monoisotopic (exact) mass is 202 g/mol. The molecule has 1 rings (SSSR count). The number of carbonyl (C=O) groups is 1. The SMILES string of the molecule is CC(C)=CC(=O)c1cccc(C(C)C)c1. The summed E-state index contributed by atoms with van der Waals surface area (Å²) in [5, 5.41) is 0. The molecular formula is C14H18O. The number of allylic oxidation sites excluding steroid dienone is 2. The Bertz CT molecular complexity index is 382. The summed E-state index contributed by atoms with van der Waals surface area (Å²) in [6, 6.07) is 7.85. The molecule has 0 aromatic heterocycles. The first-order valence-corrected chi connectivity index (χ1v) is 5.30. The van der Waals surface area contributed by atoms with Crippen LogP contribution in [0.4, 0.5) is 0 Å². The van der Waals surface area contributed by atoms with Crippen molar-refractivity contribution in [3.63, 3.8) is 0 Å². The standard InChI is InChI=1S/C14H18O/c1-10(2)8-14(15)13-7-5-6-12(9-13)11(3)4/h5-9,11H,1-4H3. The topological polar surface area (TPSA) is 17.1 Å². The molecule has 1 aromatic carbocycles. The summed E-state index contributed by atoms with van der Waals surface area (Å²) < 4.78 is 0. The molecule has 0 fully saturated rings. The zero-order chi connectivity index (χ0) is 11.4. The van der Waals surface area contributed by atoms with Crippen molar-refractivity contribution in [2.24, 2.45) is 0 Å². The van der Waals surface area contributed by atoms with E-state index in [4.69, 9.17) is 0 Å². The van der Waals surface area contributed by atoms with Crippen molar-refractivity contribution in [3.8, 4) is 0 Å². The van der Waals surface area contributed by atoms with Gasteiger partial charge < -0.3 is 0 Å². The van der Waals surface area contributed by atoms with Gasteiger partial charge in [-0.1, -0.05) is 37.6 Å². The van der Waals surface area contributed by atoms with E-state index in [0.717, 1.165) is 11.1 Å². The maximum atomic E-state index is 11.8. The van der Waals surface area contributed by atoms with Gasteiger partial charge in [0.25, 0.3) is 0 Å². The van der Waals surface area contributed by atoms with Gasteiger partial charge >= 0.3 is 0 Å². The normalized spacial score (nSPS) is 10.2. The van der Waals surface area contributed by atoms with Gasteiger partial charge in [0.1, 0.15) is 0 Å². The summed E-state index contributed by atoms with van der Waals surface area (Å²) in [4.78, 5) is 11.8. The molecule has 15 heavy (non-hydrogen) atoms. The Kier molecular flexibility index (Phi) is 3.84. The highest BCUT2D eigenvalue weighted by Gasteiger charge is 2.05. The Morgan fingerprint density at radius 1 is 1.27 bits per heavy atom. The number of hydrogen-bond donors (Lipinski definition) is 0. The second-order valence-corrected chi connectivity index (χ2v) is 4.37. The molecule has 0 saturated heterocycles. The molecule has 0 radical (unpaired) electrons. The smallest absolute Gasteiger partial charge is 0.185 e. The van der Waals surface area contributed by atoms with E-state index in [9.17, 15) is 4.79 Å². The first kappa shape index (κ1) is 11.7. The van der Waals surface area contributed by atoms with Crippen LogP contribution in [-0.2, 0) is 0 Å². The summed E-state index contributed by atoms with van der Waals surface area (Å²) in [6.45, 7) is 8.13. The molecule has 0 aliphatic rings. The van der Waals surface area contributed by atoms with E-state index >= 15 is 0 Å². The fourth-order valence-electron chi connectivity index (χ4n) is 1.40. The number of carbonyl (C=O) groups excluding carboxylic acids is 1. The van der Waals surface area contributed by atoms with Gasteiger partial charge in [-0.15, -0.1) is 0 Å². The first-order chi connectivity index (χ1) is 7.00. The Morgan fingerprint density at radius 3 is 2.47 bits per heavy atom. The Balaban J connectivity index is 3.01. The van der Waals surface area contributed by atoms with E-state index in [-0.39, 0.29) is 5.78 Å². The molecule has 0 spiro atoms. The van der Waals surface area contributed by atoms with E-state index in [1.807, 2.05) is 32.0 Å². The molecule has 0 bridgehead atoms. The third-order valence-electron chi connectivity index (χ3n) is 2.26. The number of rotatable bonds is 3. The first-order valence-electron chi connectivity index (χ1n) is 5.30. The van der Waals surface area contributed by atoms with Gasteiger partial charge in [-0.2, -0.15) is 0 Å². The van der Waals surface area contributed by atoms with Crippen molar-refractivity contribution in [1.82, 2.24) is 0 Å². The van der Waals surface area contributed by atoms with E-state index in [1.54, 1.807) is 6.08 Å². The van der Waals surface area contributed by atoms with Gasteiger partial charge in [-0.3, -0.25) is 4.79 Å². The van der Waals surface area contributed by atoms with Crippen LogP contribution in [-0.4, -0.2) is 5.78 Å². The van der Waals surface area contributed by atoms with Crippen molar-refractivity contribution in [3.05, 3.63) is 47.0 Å². The highest BCUT2D eigenvalue weighted by Crippen LogP contribution is 2.16. The number of ketones is 1. The molecule has 0 atom stereocenters. The van der Waals surface area contributed by atoms with Crippen LogP contribution in [0.2, 0.25) is 0 Å². The maximum absolute atomic E-state index is 11.8. The van der Waals surface area contributed by atoms with E-state index in [1.165, 1.54) is 5.56 Å². The molecule has 1 heteroatoms. The predicted octanol–water partition coefficient (Wildman–Crippen LogP) is 3.96. The number of benzene rings is 1. The molecule has 0 amide bonds. The predicted molar refractivity (Wildman–Crippen MR) is 64.3 cm³/mol. The van der Waals surface area contributed by atoms with E-state index in [2.05, 4.69) is 19.9 Å². The highest BCUT2D eigenvalue weighted by atomic mass is 16.1. The maximum Gasteiger partial charge on any atom is 0.185 e. The average Bonchev–Trinajstić information content (AvgIpc) is 2.17. The lowest BCUT2D eigenvalue weighted by Gasteiger charge is -2.06. The van der Waals surface area contributed by atoms with Crippen LogP contribution in [0.3, 0.4) is 0 Å². The largest absolute Gasteiger partial charge is 0.289 e. The van der Waals surface area contributed by atoms with Gasteiger partial charge in [0.05, 0.1) is 0 Å². The summed E-state index contributed by atoms with van der Waals surface area (Å²) in [7, 11) is 0. The van der Waals surface area contributed by atoms with Crippen molar-refractivity contribution in [2.75, 3.05) is 0 Å². The summed E-state index contributed by atoms with van der Waals surface area (Å²) in [6.07, 6.45) is 1.68. The summed E-state index contributed by atoms with van der Waals surface area (Å²) in [5.41, 5.74) is 3.03. The van der Waals surface area contributed by atoms with Crippen molar-refractivity contribution in [1.29, 1.82) is 0 Å². The lowest BCUT2D eigenvalue weighted by Crippen LogP contribution is -1.97. The van der Waals surface area contributed by atoms with Crippen LogP contribution in [0.15, 0.2) is 35.9 Å². The minimum absolute atomic E-state index is 0.0949. The molecule has 0 N–H and O–H groups in total. The second kappa shape index (κ2) is 4.92. The van der Waals surface area contributed by atoms with Crippen LogP contribution in [0.5, 0.6) is 0 Å².